The van der Waals surface area contributed by atoms with Gasteiger partial charge in [0.05, 0.1) is 23.6 Å². The predicted molar refractivity (Wildman–Crippen MR) is 82.7 cm³/mol. The summed E-state index contributed by atoms with van der Waals surface area (Å²) in [5.74, 6) is 0. The number of hydrogen-bond acceptors (Lipinski definition) is 3. The summed E-state index contributed by atoms with van der Waals surface area (Å²) in [7, 11) is 0. The van der Waals surface area contributed by atoms with Crippen LogP contribution in [0.25, 0.3) is 0 Å². The van der Waals surface area contributed by atoms with Crippen molar-refractivity contribution in [2.45, 2.75) is 39.7 Å². The van der Waals surface area contributed by atoms with Crippen LogP contribution in [-0.2, 0) is 6.42 Å². The molecule has 2 rings (SSSR count). The molecule has 0 aliphatic carbocycles. The second-order valence-corrected chi connectivity index (χ2v) is 5.06. The fourth-order valence-electron chi connectivity index (χ4n) is 2.18. The van der Waals surface area contributed by atoms with Crippen molar-refractivity contribution in [2.24, 2.45) is 0 Å². The highest BCUT2D eigenvalue weighted by Gasteiger charge is 2.14. The smallest absolute Gasteiger partial charge is 0.0801 e. The van der Waals surface area contributed by atoms with E-state index in [2.05, 4.69) is 53.4 Å². The van der Waals surface area contributed by atoms with Crippen LogP contribution in [0.2, 0.25) is 0 Å². The molecule has 1 unspecified atom stereocenters. The first kappa shape index (κ1) is 14.7. The Kier molecular flexibility index (Phi) is 5.24. The van der Waals surface area contributed by atoms with Crippen molar-refractivity contribution in [1.82, 2.24) is 15.3 Å². The molecular weight excluding hydrogens is 246 g/mol. The molecule has 3 nitrogen and oxygen atoms in total. The molecule has 2 aromatic rings. The maximum atomic E-state index is 4.53. The summed E-state index contributed by atoms with van der Waals surface area (Å²) in [6.45, 7) is 7.27. The van der Waals surface area contributed by atoms with E-state index in [1.807, 2.05) is 19.3 Å². The monoisotopic (exact) mass is 269 g/mol. The van der Waals surface area contributed by atoms with Crippen LogP contribution in [0.3, 0.4) is 0 Å². The van der Waals surface area contributed by atoms with Crippen LogP contribution in [0.15, 0.2) is 36.7 Å². The van der Waals surface area contributed by atoms with E-state index in [4.69, 9.17) is 0 Å². The van der Waals surface area contributed by atoms with Crippen molar-refractivity contribution < 1.29 is 0 Å². The first-order chi connectivity index (χ1) is 9.74. The van der Waals surface area contributed by atoms with Gasteiger partial charge in [-0.15, -0.1) is 0 Å². The summed E-state index contributed by atoms with van der Waals surface area (Å²) >= 11 is 0. The summed E-state index contributed by atoms with van der Waals surface area (Å²) in [5, 5.41) is 3.56. The quantitative estimate of drug-likeness (QED) is 0.873. The van der Waals surface area contributed by atoms with E-state index in [0.717, 1.165) is 30.8 Å². The molecule has 0 radical (unpaired) electrons. The molecule has 0 bridgehead atoms. The molecule has 1 atom stereocenters. The Labute approximate surface area is 121 Å². The zero-order valence-electron chi connectivity index (χ0n) is 12.6. The van der Waals surface area contributed by atoms with E-state index < -0.39 is 0 Å². The van der Waals surface area contributed by atoms with Crippen molar-refractivity contribution in [3.8, 4) is 0 Å². The fourth-order valence-corrected chi connectivity index (χ4v) is 2.18. The Hall–Kier alpha value is -1.74. The van der Waals surface area contributed by atoms with Crippen molar-refractivity contribution in [1.29, 1.82) is 0 Å². The number of nitrogens with one attached hydrogen (secondary N) is 1. The maximum absolute atomic E-state index is 4.53. The molecule has 0 saturated heterocycles. The van der Waals surface area contributed by atoms with E-state index >= 15 is 0 Å². The second-order valence-electron chi connectivity index (χ2n) is 5.06. The highest BCUT2D eigenvalue weighted by atomic mass is 14.9. The summed E-state index contributed by atoms with van der Waals surface area (Å²) in [6.07, 6.45) is 5.87. The number of benzene rings is 1. The number of nitrogens with zero attached hydrogens (tertiary/aromatic N) is 2. The average Bonchev–Trinajstić information content (AvgIpc) is 2.50. The van der Waals surface area contributed by atoms with Gasteiger partial charge in [-0.3, -0.25) is 9.97 Å². The minimum Gasteiger partial charge on any atom is -0.305 e. The molecule has 0 aliphatic rings. The number of rotatable bonds is 6. The maximum Gasteiger partial charge on any atom is 0.0801 e. The lowest BCUT2D eigenvalue weighted by atomic mass is 10.0. The summed E-state index contributed by atoms with van der Waals surface area (Å²) in [4.78, 5) is 8.89. The Morgan fingerprint density at radius 2 is 1.80 bits per heavy atom. The van der Waals surface area contributed by atoms with Gasteiger partial charge in [0.2, 0.25) is 0 Å². The molecule has 1 heterocycles. The molecule has 1 N–H and O–H groups in total. The first-order valence-corrected chi connectivity index (χ1v) is 7.35. The first-order valence-electron chi connectivity index (χ1n) is 7.35. The molecule has 0 saturated carbocycles. The van der Waals surface area contributed by atoms with E-state index in [9.17, 15) is 0 Å². The molecule has 0 fully saturated rings. The van der Waals surface area contributed by atoms with Gasteiger partial charge in [-0.2, -0.15) is 0 Å². The normalized spacial score (nSPS) is 12.3. The predicted octanol–water partition coefficient (Wildman–Crippen LogP) is 3.44. The fraction of sp³-hybridized carbons (Fsp3) is 0.412. The van der Waals surface area contributed by atoms with Gasteiger partial charge in [0.15, 0.2) is 0 Å². The lowest BCUT2D eigenvalue weighted by Crippen LogP contribution is -2.24. The van der Waals surface area contributed by atoms with Crippen molar-refractivity contribution in [2.75, 3.05) is 6.54 Å². The van der Waals surface area contributed by atoms with Crippen molar-refractivity contribution in [3.63, 3.8) is 0 Å². The lowest BCUT2D eigenvalue weighted by molar-refractivity contribution is 0.583. The average molecular weight is 269 g/mol. The van der Waals surface area contributed by atoms with E-state index in [1.54, 1.807) is 0 Å². The summed E-state index contributed by atoms with van der Waals surface area (Å²) in [5.41, 5.74) is 4.53. The molecule has 1 aromatic heterocycles. The van der Waals surface area contributed by atoms with E-state index in [0.29, 0.717) is 0 Å². The number of aromatic nitrogens is 2. The van der Waals surface area contributed by atoms with Crippen molar-refractivity contribution in [3.05, 3.63) is 59.2 Å². The largest absolute Gasteiger partial charge is 0.305 e. The topological polar surface area (TPSA) is 37.8 Å². The minimum absolute atomic E-state index is 0.119. The Balaban J connectivity index is 2.27. The number of hydrogen-bond donors (Lipinski definition) is 1. The third-order valence-electron chi connectivity index (χ3n) is 3.42. The van der Waals surface area contributed by atoms with Crippen LogP contribution in [0.1, 0.15) is 48.8 Å². The summed E-state index contributed by atoms with van der Waals surface area (Å²) in [6, 6.07) is 8.88. The Morgan fingerprint density at radius 1 is 1.05 bits per heavy atom. The SMILES string of the molecule is CCCNC(c1ccc(CC)cc1)c1cnc(C)cn1. The van der Waals surface area contributed by atoms with E-state index in [1.165, 1.54) is 11.1 Å². The van der Waals surface area contributed by atoms with Crippen LogP contribution in [0, 0.1) is 6.92 Å². The van der Waals surface area contributed by atoms with Crippen molar-refractivity contribution >= 4 is 0 Å². The second kappa shape index (κ2) is 7.15. The molecule has 0 amide bonds. The van der Waals surface area contributed by atoms with Gasteiger partial charge in [0.25, 0.3) is 0 Å². The van der Waals surface area contributed by atoms with Crippen LogP contribution < -0.4 is 5.32 Å². The number of aryl methyl sites for hydroxylation is 2. The standard InChI is InChI=1S/C17H23N3/c1-4-10-18-17(16-12-19-13(3)11-20-16)15-8-6-14(5-2)7-9-15/h6-9,11-12,17-18H,4-5,10H2,1-3H3. The van der Waals surface area contributed by atoms with Crippen LogP contribution in [-0.4, -0.2) is 16.5 Å². The van der Waals surface area contributed by atoms with Gasteiger partial charge < -0.3 is 5.32 Å². The zero-order chi connectivity index (χ0) is 14.4. The third-order valence-corrected chi connectivity index (χ3v) is 3.42. The highest BCUT2D eigenvalue weighted by molar-refractivity contribution is 5.30. The van der Waals surface area contributed by atoms with Gasteiger partial charge in [0.1, 0.15) is 0 Å². The van der Waals surface area contributed by atoms with Gasteiger partial charge in [-0.25, -0.2) is 0 Å². The van der Waals surface area contributed by atoms with Crippen LogP contribution in [0.4, 0.5) is 0 Å². The molecule has 106 valence electrons. The van der Waals surface area contributed by atoms with Gasteiger partial charge in [-0.05, 0) is 37.4 Å². The van der Waals surface area contributed by atoms with Gasteiger partial charge >= 0.3 is 0 Å². The Morgan fingerprint density at radius 3 is 2.35 bits per heavy atom. The molecule has 1 aromatic carbocycles. The molecular formula is C17H23N3. The lowest BCUT2D eigenvalue weighted by Gasteiger charge is -2.18. The van der Waals surface area contributed by atoms with Gasteiger partial charge in [0, 0.05) is 6.20 Å². The van der Waals surface area contributed by atoms with E-state index in [-0.39, 0.29) is 6.04 Å². The third kappa shape index (κ3) is 3.64. The molecule has 0 spiro atoms. The molecule has 0 aliphatic heterocycles. The van der Waals surface area contributed by atoms with Crippen LogP contribution >= 0.6 is 0 Å². The van der Waals surface area contributed by atoms with Gasteiger partial charge in [-0.1, -0.05) is 38.1 Å². The molecule has 20 heavy (non-hydrogen) atoms. The Bertz CT molecular complexity index is 517. The zero-order valence-corrected chi connectivity index (χ0v) is 12.6. The molecule has 3 heteroatoms. The van der Waals surface area contributed by atoms with Crippen LogP contribution in [0.5, 0.6) is 0 Å². The highest BCUT2D eigenvalue weighted by Crippen LogP contribution is 2.20. The minimum atomic E-state index is 0.119. The summed E-state index contributed by atoms with van der Waals surface area (Å²) < 4.78 is 0.